The van der Waals surface area contributed by atoms with E-state index in [1.807, 2.05) is 0 Å². The Hall–Kier alpha value is -1.76. The molecule has 0 atom stereocenters. The van der Waals surface area contributed by atoms with Crippen LogP contribution in [-0.4, -0.2) is 34.6 Å². The molecule has 0 aliphatic heterocycles. The molecule has 5 nitrogen and oxygen atoms in total. The van der Waals surface area contributed by atoms with Crippen molar-refractivity contribution in [2.24, 2.45) is 0 Å². The summed E-state index contributed by atoms with van der Waals surface area (Å²) in [4.78, 5) is 15.7. The Morgan fingerprint density at radius 1 is 1.50 bits per heavy atom. The van der Waals surface area contributed by atoms with Crippen LogP contribution in [0.3, 0.4) is 0 Å². The van der Waals surface area contributed by atoms with Crippen molar-refractivity contribution in [2.45, 2.75) is 37.7 Å². The highest BCUT2D eigenvalue weighted by Crippen LogP contribution is 2.44. The van der Waals surface area contributed by atoms with Gasteiger partial charge in [-0.1, -0.05) is 0 Å². The van der Waals surface area contributed by atoms with Gasteiger partial charge in [0.2, 0.25) is 5.88 Å². The lowest BCUT2D eigenvalue weighted by Crippen LogP contribution is -2.59. The number of aromatic nitrogens is 1. The van der Waals surface area contributed by atoms with E-state index >= 15 is 0 Å². The number of pyridine rings is 1. The molecule has 0 radical (unpaired) electrons. The summed E-state index contributed by atoms with van der Waals surface area (Å²) in [6.07, 6.45) is 0.336. The van der Waals surface area contributed by atoms with Crippen molar-refractivity contribution < 1.29 is 23.4 Å². The average Bonchev–Trinajstić information content (AvgIpc) is 2.37. The maximum atomic E-state index is 13.9. The minimum atomic E-state index is -3.82. The van der Waals surface area contributed by atoms with Crippen LogP contribution in [0.2, 0.25) is 0 Å². The predicted molar refractivity (Wildman–Crippen MR) is 67.9 cm³/mol. The van der Waals surface area contributed by atoms with Gasteiger partial charge in [-0.05, 0) is 32.3 Å². The molecule has 1 aromatic heterocycles. The van der Waals surface area contributed by atoms with Crippen LogP contribution >= 0.6 is 0 Å². The number of hydrogen-bond acceptors (Lipinski definition) is 4. The number of hydrogen-bond donors (Lipinski definition) is 2. The molecule has 0 saturated heterocycles. The van der Waals surface area contributed by atoms with Crippen LogP contribution in [0.25, 0.3) is 0 Å². The molecule has 0 spiro atoms. The summed E-state index contributed by atoms with van der Waals surface area (Å²) in [7, 11) is 1.43. The van der Waals surface area contributed by atoms with E-state index in [2.05, 4.69) is 10.3 Å². The monoisotopic (exact) mass is 286 g/mol. The van der Waals surface area contributed by atoms with Crippen molar-refractivity contribution >= 4 is 11.6 Å². The molecule has 1 fully saturated rings. The smallest absolute Gasteiger partial charge is 0.352 e. The van der Waals surface area contributed by atoms with Crippen LogP contribution < -0.4 is 10.1 Å². The summed E-state index contributed by atoms with van der Waals surface area (Å²) < 4.78 is 32.7. The van der Waals surface area contributed by atoms with Gasteiger partial charge in [0, 0.05) is 6.07 Å². The number of halogens is 2. The number of aliphatic hydroxyl groups is 1. The minimum absolute atomic E-state index is 0.0761. The lowest BCUT2D eigenvalue weighted by molar-refractivity contribution is -0.212. The maximum absolute atomic E-state index is 13.9. The zero-order chi connectivity index (χ0) is 15.0. The number of nitrogens with zero attached hydrogens (tertiary/aromatic N) is 1. The van der Waals surface area contributed by atoms with E-state index in [0.717, 1.165) is 0 Å². The van der Waals surface area contributed by atoms with Gasteiger partial charge < -0.3 is 15.2 Å². The molecule has 2 rings (SSSR count). The van der Waals surface area contributed by atoms with Crippen LogP contribution in [0.1, 0.15) is 25.0 Å². The summed E-state index contributed by atoms with van der Waals surface area (Å²) in [6.45, 7) is 1.56. The SMILES string of the molecule is COc1ccc(NC(=O)C(F)(F)C2(O)CCC2)c(C)n1. The van der Waals surface area contributed by atoms with Gasteiger partial charge >= 0.3 is 5.92 Å². The number of nitrogens with one attached hydrogen (secondary N) is 1. The van der Waals surface area contributed by atoms with E-state index in [4.69, 9.17) is 4.74 Å². The van der Waals surface area contributed by atoms with E-state index in [-0.39, 0.29) is 18.5 Å². The largest absolute Gasteiger partial charge is 0.481 e. The Balaban J connectivity index is 2.15. The molecule has 0 unspecified atom stereocenters. The van der Waals surface area contributed by atoms with E-state index in [1.54, 1.807) is 6.92 Å². The van der Waals surface area contributed by atoms with E-state index < -0.39 is 17.4 Å². The minimum Gasteiger partial charge on any atom is -0.481 e. The first kappa shape index (κ1) is 14.6. The number of carbonyl (C=O) groups is 1. The van der Waals surface area contributed by atoms with Crippen molar-refractivity contribution in [1.82, 2.24) is 4.98 Å². The quantitative estimate of drug-likeness (QED) is 0.886. The number of aryl methyl sites for hydroxylation is 1. The molecular formula is C13H16F2N2O3. The first-order valence-electron chi connectivity index (χ1n) is 6.23. The van der Waals surface area contributed by atoms with Crippen LogP contribution in [-0.2, 0) is 4.79 Å². The highest BCUT2D eigenvalue weighted by Gasteiger charge is 2.61. The van der Waals surface area contributed by atoms with Gasteiger partial charge in [-0.2, -0.15) is 8.78 Å². The third kappa shape index (κ3) is 2.33. The highest BCUT2D eigenvalue weighted by atomic mass is 19.3. The fourth-order valence-corrected chi connectivity index (χ4v) is 2.02. The number of rotatable bonds is 4. The van der Waals surface area contributed by atoms with Crippen molar-refractivity contribution in [2.75, 3.05) is 12.4 Å². The van der Waals surface area contributed by atoms with Crippen LogP contribution in [0.15, 0.2) is 12.1 Å². The van der Waals surface area contributed by atoms with Gasteiger partial charge in [0.05, 0.1) is 18.5 Å². The summed E-state index contributed by atoms with van der Waals surface area (Å²) in [6, 6.07) is 2.89. The number of methoxy groups -OCH3 is 1. The highest BCUT2D eigenvalue weighted by molar-refractivity contribution is 5.97. The topological polar surface area (TPSA) is 71.5 Å². The Labute approximate surface area is 115 Å². The average molecular weight is 286 g/mol. The van der Waals surface area contributed by atoms with Crippen LogP contribution in [0.5, 0.6) is 5.88 Å². The Morgan fingerprint density at radius 3 is 2.60 bits per heavy atom. The second-order valence-corrected chi connectivity index (χ2v) is 4.90. The molecule has 1 aliphatic rings. The number of alkyl halides is 2. The van der Waals surface area contributed by atoms with Crippen LogP contribution in [0.4, 0.5) is 14.5 Å². The fourth-order valence-electron chi connectivity index (χ4n) is 2.02. The zero-order valence-corrected chi connectivity index (χ0v) is 11.2. The summed E-state index contributed by atoms with van der Waals surface area (Å²) >= 11 is 0. The Kier molecular flexibility index (Phi) is 3.64. The molecule has 20 heavy (non-hydrogen) atoms. The molecule has 7 heteroatoms. The number of ether oxygens (including phenoxy) is 1. The van der Waals surface area contributed by atoms with Gasteiger partial charge in [0.1, 0.15) is 5.60 Å². The molecule has 110 valence electrons. The molecule has 1 aliphatic carbocycles. The van der Waals surface area contributed by atoms with Crippen molar-refractivity contribution in [3.8, 4) is 5.88 Å². The van der Waals surface area contributed by atoms with E-state index in [9.17, 15) is 18.7 Å². The molecule has 0 aromatic carbocycles. The van der Waals surface area contributed by atoms with E-state index in [0.29, 0.717) is 18.0 Å². The summed E-state index contributed by atoms with van der Waals surface area (Å²) in [5, 5.41) is 11.8. The van der Waals surface area contributed by atoms with E-state index in [1.165, 1.54) is 19.2 Å². The Morgan fingerprint density at radius 2 is 2.15 bits per heavy atom. The molecule has 1 amide bonds. The number of amides is 1. The van der Waals surface area contributed by atoms with Crippen molar-refractivity contribution in [3.05, 3.63) is 17.8 Å². The van der Waals surface area contributed by atoms with Gasteiger partial charge in [0.25, 0.3) is 5.91 Å². The first-order valence-corrected chi connectivity index (χ1v) is 6.23. The standard InChI is InChI=1S/C13H16F2N2O3/c1-8-9(4-5-10(16-8)20-2)17-11(18)13(14,15)12(19)6-3-7-12/h4-5,19H,3,6-7H2,1-2H3,(H,17,18). The normalized spacial score (nSPS) is 17.2. The summed E-state index contributed by atoms with van der Waals surface area (Å²) in [5.74, 6) is -5.02. The summed E-state index contributed by atoms with van der Waals surface area (Å²) in [5.41, 5.74) is -1.71. The number of carbonyl (C=O) groups excluding carboxylic acids is 1. The molecule has 1 heterocycles. The first-order chi connectivity index (χ1) is 9.30. The zero-order valence-electron chi connectivity index (χ0n) is 11.2. The number of anilines is 1. The molecule has 1 saturated carbocycles. The molecule has 2 N–H and O–H groups in total. The third-order valence-electron chi connectivity index (χ3n) is 3.57. The molecule has 0 bridgehead atoms. The fraction of sp³-hybridized carbons (Fsp3) is 0.538. The van der Waals surface area contributed by atoms with Crippen molar-refractivity contribution in [1.29, 1.82) is 0 Å². The van der Waals surface area contributed by atoms with Crippen molar-refractivity contribution in [3.63, 3.8) is 0 Å². The second kappa shape index (κ2) is 4.97. The molecular weight excluding hydrogens is 270 g/mol. The van der Waals surface area contributed by atoms with Gasteiger partial charge in [0.15, 0.2) is 0 Å². The van der Waals surface area contributed by atoms with Gasteiger partial charge in [-0.15, -0.1) is 0 Å². The lowest BCUT2D eigenvalue weighted by Gasteiger charge is -2.41. The lowest BCUT2D eigenvalue weighted by atomic mass is 9.75. The predicted octanol–water partition coefficient (Wildman–Crippen LogP) is 1.89. The van der Waals surface area contributed by atoms with Gasteiger partial charge in [-0.25, -0.2) is 4.98 Å². The Bertz CT molecular complexity index is 530. The third-order valence-corrected chi connectivity index (χ3v) is 3.57. The second-order valence-electron chi connectivity index (χ2n) is 4.90. The molecule has 1 aromatic rings. The van der Waals surface area contributed by atoms with Gasteiger partial charge in [-0.3, -0.25) is 4.79 Å². The van der Waals surface area contributed by atoms with Crippen LogP contribution in [0, 0.1) is 6.92 Å². The maximum Gasteiger partial charge on any atom is 0.352 e.